The lowest BCUT2D eigenvalue weighted by molar-refractivity contribution is -0.166. The largest absolute Gasteiger partial charge is 0.481 e. The molecular weight excluding hydrogens is 220 g/mol. The molecule has 7 heteroatoms. The van der Waals surface area contributed by atoms with Crippen molar-refractivity contribution in [1.82, 2.24) is 0 Å². The predicted molar refractivity (Wildman–Crippen MR) is 43.3 cm³/mol. The summed E-state index contributed by atoms with van der Waals surface area (Å²) in [6.07, 6.45) is -3.30. The summed E-state index contributed by atoms with van der Waals surface area (Å²) in [6, 6.07) is 0. The standard InChI is InChI=1S/C8H12F4O3/c9-7(10)8(11,12)5-15-4-2-1-3-6(13)14/h7H,1-5H2,(H,13,14). The van der Waals surface area contributed by atoms with Crippen LogP contribution < -0.4 is 0 Å². The number of carboxylic acid groups (broad SMARTS) is 1. The van der Waals surface area contributed by atoms with Crippen LogP contribution in [0, 0.1) is 0 Å². The Labute approximate surface area is 84.0 Å². The molecule has 0 rings (SSSR count). The fourth-order valence-electron chi connectivity index (χ4n) is 0.752. The van der Waals surface area contributed by atoms with Gasteiger partial charge in [-0.1, -0.05) is 0 Å². The van der Waals surface area contributed by atoms with E-state index < -0.39 is 24.9 Å². The number of carbonyl (C=O) groups is 1. The summed E-state index contributed by atoms with van der Waals surface area (Å²) in [7, 11) is 0. The molecule has 0 aromatic heterocycles. The van der Waals surface area contributed by atoms with Gasteiger partial charge in [0.25, 0.3) is 0 Å². The van der Waals surface area contributed by atoms with Gasteiger partial charge in [0.1, 0.15) is 6.61 Å². The third-order valence-corrected chi connectivity index (χ3v) is 1.54. The summed E-state index contributed by atoms with van der Waals surface area (Å²) < 4.78 is 51.9. The van der Waals surface area contributed by atoms with Gasteiger partial charge in [-0.15, -0.1) is 0 Å². The number of unbranched alkanes of at least 4 members (excludes halogenated alkanes) is 1. The molecule has 0 heterocycles. The van der Waals surface area contributed by atoms with Crippen LogP contribution in [0.25, 0.3) is 0 Å². The Morgan fingerprint density at radius 3 is 2.40 bits per heavy atom. The second kappa shape index (κ2) is 6.60. The zero-order valence-electron chi connectivity index (χ0n) is 7.89. The van der Waals surface area contributed by atoms with Gasteiger partial charge < -0.3 is 9.84 Å². The van der Waals surface area contributed by atoms with Crippen LogP contribution in [0.2, 0.25) is 0 Å². The van der Waals surface area contributed by atoms with E-state index in [4.69, 9.17) is 5.11 Å². The molecule has 0 aliphatic heterocycles. The normalized spacial score (nSPS) is 12.1. The van der Waals surface area contributed by atoms with Crippen molar-refractivity contribution in [3.63, 3.8) is 0 Å². The molecule has 0 bridgehead atoms. The Kier molecular flexibility index (Phi) is 6.23. The first-order valence-electron chi connectivity index (χ1n) is 4.32. The minimum atomic E-state index is -4.13. The Morgan fingerprint density at radius 2 is 1.93 bits per heavy atom. The molecule has 0 unspecified atom stereocenters. The second-order valence-electron chi connectivity index (χ2n) is 2.97. The van der Waals surface area contributed by atoms with Crippen LogP contribution in [0.4, 0.5) is 17.6 Å². The van der Waals surface area contributed by atoms with E-state index in [-0.39, 0.29) is 25.9 Å². The van der Waals surface area contributed by atoms with Gasteiger partial charge in [-0.25, -0.2) is 8.78 Å². The molecule has 0 aromatic carbocycles. The molecule has 3 nitrogen and oxygen atoms in total. The van der Waals surface area contributed by atoms with Crippen molar-refractivity contribution >= 4 is 5.97 Å². The molecule has 0 radical (unpaired) electrons. The fourth-order valence-corrected chi connectivity index (χ4v) is 0.752. The highest BCUT2D eigenvalue weighted by atomic mass is 19.3. The summed E-state index contributed by atoms with van der Waals surface area (Å²) >= 11 is 0. The molecule has 0 aliphatic carbocycles. The number of carboxylic acids is 1. The summed E-state index contributed by atoms with van der Waals surface area (Å²) in [5.74, 6) is -5.12. The van der Waals surface area contributed by atoms with Gasteiger partial charge in [0.2, 0.25) is 0 Å². The van der Waals surface area contributed by atoms with Crippen LogP contribution in [0.1, 0.15) is 19.3 Å². The highest BCUT2D eigenvalue weighted by Gasteiger charge is 2.40. The van der Waals surface area contributed by atoms with Gasteiger partial charge in [-0.2, -0.15) is 8.78 Å². The maximum Gasteiger partial charge on any atom is 0.330 e. The number of hydrogen-bond donors (Lipinski definition) is 1. The number of halogens is 4. The van der Waals surface area contributed by atoms with E-state index >= 15 is 0 Å². The van der Waals surface area contributed by atoms with E-state index in [0.29, 0.717) is 0 Å². The molecule has 0 aromatic rings. The molecule has 0 saturated carbocycles. The lowest BCUT2D eigenvalue weighted by atomic mass is 10.2. The quantitative estimate of drug-likeness (QED) is 0.515. The molecule has 15 heavy (non-hydrogen) atoms. The molecular formula is C8H12F4O3. The number of rotatable bonds is 8. The van der Waals surface area contributed by atoms with Gasteiger partial charge in [0.05, 0.1) is 0 Å². The molecule has 0 amide bonds. The van der Waals surface area contributed by atoms with Crippen LogP contribution in [0.5, 0.6) is 0 Å². The zero-order valence-corrected chi connectivity index (χ0v) is 7.89. The molecule has 90 valence electrons. The number of alkyl halides is 4. The van der Waals surface area contributed by atoms with Gasteiger partial charge in [-0.3, -0.25) is 4.79 Å². The molecule has 0 saturated heterocycles. The third-order valence-electron chi connectivity index (χ3n) is 1.54. The van der Waals surface area contributed by atoms with E-state index in [9.17, 15) is 22.4 Å². The number of ether oxygens (including phenoxy) is 1. The monoisotopic (exact) mass is 232 g/mol. The van der Waals surface area contributed by atoms with Crippen molar-refractivity contribution in [2.45, 2.75) is 31.6 Å². The molecule has 0 atom stereocenters. The highest BCUT2D eigenvalue weighted by Crippen LogP contribution is 2.22. The Morgan fingerprint density at radius 1 is 1.33 bits per heavy atom. The highest BCUT2D eigenvalue weighted by molar-refractivity contribution is 5.66. The Bertz CT molecular complexity index is 196. The van der Waals surface area contributed by atoms with Crippen molar-refractivity contribution < 1.29 is 32.2 Å². The average molecular weight is 232 g/mol. The van der Waals surface area contributed by atoms with Crippen LogP contribution in [0.15, 0.2) is 0 Å². The average Bonchev–Trinajstić information content (AvgIpc) is 2.10. The number of hydrogen-bond acceptors (Lipinski definition) is 2. The van der Waals surface area contributed by atoms with E-state index in [1.54, 1.807) is 0 Å². The first-order chi connectivity index (χ1) is 6.86. The maximum absolute atomic E-state index is 12.2. The molecule has 1 N–H and O–H groups in total. The van der Waals surface area contributed by atoms with Crippen molar-refractivity contribution in [1.29, 1.82) is 0 Å². The van der Waals surface area contributed by atoms with Crippen molar-refractivity contribution in [3.8, 4) is 0 Å². The zero-order chi connectivity index (χ0) is 11.9. The predicted octanol–water partition coefficient (Wildman–Crippen LogP) is 2.16. The second-order valence-corrected chi connectivity index (χ2v) is 2.97. The van der Waals surface area contributed by atoms with E-state index in [1.165, 1.54) is 0 Å². The maximum atomic E-state index is 12.2. The first-order valence-corrected chi connectivity index (χ1v) is 4.32. The summed E-state index contributed by atoms with van der Waals surface area (Å²) in [5.41, 5.74) is 0. The van der Waals surface area contributed by atoms with Crippen molar-refractivity contribution in [3.05, 3.63) is 0 Å². The van der Waals surface area contributed by atoms with Gasteiger partial charge >= 0.3 is 18.3 Å². The molecule has 0 fully saturated rings. The van der Waals surface area contributed by atoms with Gasteiger partial charge in [0, 0.05) is 13.0 Å². The minimum Gasteiger partial charge on any atom is -0.481 e. The summed E-state index contributed by atoms with van der Waals surface area (Å²) in [5, 5.41) is 8.21. The van der Waals surface area contributed by atoms with Crippen LogP contribution in [-0.2, 0) is 9.53 Å². The SMILES string of the molecule is O=C(O)CCCCOCC(F)(F)C(F)F. The summed E-state index contributed by atoms with van der Waals surface area (Å²) in [6.45, 7) is -1.48. The van der Waals surface area contributed by atoms with Crippen LogP contribution in [-0.4, -0.2) is 36.6 Å². The third kappa shape index (κ3) is 7.12. The van der Waals surface area contributed by atoms with E-state index in [1.807, 2.05) is 0 Å². The lowest BCUT2D eigenvalue weighted by Gasteiger charge is -2.14. The molecule has 0 aliphatic rings. The van der Waals surface area contributed by atoms with Crippen molar-refractivity contribution in [2.75, 3.05) is 13.2 Å². The van der Waals surface area contributed by atoms with Gasteiger partial charge in [-0.05, 0) is 12.8 Å². The van der Waals surface area contributed by atoms with Crippen LogP contribution in [0.3, 0.4) is 0 Å². The van der Waals surface area contributed by atoms with E-state index in [2.05, 4.69) is 4.74 Å². The Hall–Kier alpha value is -0.850. The first kappa shape index (κ1) is 14.2. The topological polar surface area (TPSA) is 46.5 Å². The Balaban J connectivity index is 3.42. The van der Waals surface area contributed by atoms with E-state index in [0.717, 1.165) is 0 Å². The number of aliphatic carboxylic acids is 1. The lowest BCUT2D eigenvalue weighted by Crippen LogP contribution is -2.32. The van der Waals surface area contributed by atoms with Gasteiger partial charge in [0.15, 0.2) is 0 Å². The fraction of sp³-hybridized carbons (Fsp3) is 0.875. The smallest absolute Gasteiger partial charge is 0.330 e. The van der Waals surface area contributed by atoms with Crippen molar-refractivity contribution in [2.24, 2.45) is 0 Å². The summed E-state index contributed by atoms with van der Waals surface area (Å²) in [4.78, 5) is 10.0. The molecule has 0 spiro atoms. The minimum absolute atomic E-state index is 0.0887. The van der Waals surface area contributed by atoms with Crippen LogP contribution >= 0.6 is 0 Å².